The lowest BCUT2D eigenvalue weighted by molar-refractivity contribution is -0.137. The third-order valence-electron chi connectivity index (χ3n) is 4.63. The summed E-state index contributed by atoms with van der Waals surface area (Å²) in [4.78, 5) is 23.4. The quantitative estimate of drug-likeness (QED) is 0.319. The maximum atomic E-state index is 12.8. The topological polar surface area (TPSA) is 81.4 Å². The third kappa shape index (κ3) is 5.23. The number of nitrogens with zero attached hydrogens (tertiary/aromatic N) is 2. The highest BCUT2D eigenvalue weighted by Crippen LogP contribution is 2.20. The molecule has 0 fully saturated rings. The largest absolute Gasteiger partial charge is 0.494 e. The molecular formula is C24H24N2O4. The van der Waals surface area contributed by atoms with Gasteiger partial charge in [-0.1, -0.05) is 36.4 Å². The highest BCUT2D eigenvalue weighted by molar-refractivity contribution is 6.08. The Morgan fingerprint density at radius 3 is 2.60 bits per heavy atom. The molecule has 2 aromatic carbocycles. The molecule has 6 heteroatoms. The summed E-state index contributed by atoms with van der Waals surface area (Å²) in [5.74, 6) is -0.311. The normalized spacial score (nSPS) is 11.0. The molecule has 3 rings (SSSR count). The molecule has 0 unspecified atom stereocenters. The fourth-order valence-corrected chi connectivity index (χ4v) is 3.20. The molecule has 1 heterocycles. The minimum Gasteiger partial charge on any atom is -0.494 e. The van der Waals surface area contributed by atoms with E-state index in [1.54, 1.807) is 16.8 Å². The number of aromatic nitrogens is 2. The molecule has 0 aliphatic heterocycles. The maximum absolute atomic E-state index is 12.8. The number of para-hydroxylation sites is 1. The molecule has 0 atom stereocenters. The van der Waals surface area contributed by atoms with E-state index in [4.69, 9.17) is 9.84 Å². The van der Waals surface area contributed by atoms with Gasteiger partial charge in [0, 0.05) is 6.42 Å². The van der Waals surface area contributed by atoms with Crippen LogP contribution in [0.3, 0.4) is 0 Å². The number of benzene rings is 2. The first-order valence-corrected chi connectivity index (χ1v) is 9.74. The van der Waals surface area contributed by atoms with Crippen LogP contribution in [-0.4, -0.2) is 33.2 Å². The van der Waals surface area contributed by atoms with Crippen molar-refractivity contribution in [1.82, 2.24) is 9.78 Å². The van der Waals surface area contributed by atoms with Crippen LogP contribution >= 0.6 is 0 Å². The number of rotatable bonds is 9. The third-order valence-corrected chi connectivity index (χ3v) is 4.63. The minimum absolute atomic E-state index is 0.0729. The van der Waals surface area contributed by atoms with Gasteiger partial charge in [0.2, 0.25) is 0 Å². The van der Waals surface area contributed by atoms with Gasteiger partial charge in [0.25, 0.3) is 0 Å². The molecule has 1 N–H and O–H groups in total. The van der Waals surface area contributed by atoms with Gasteiger partial charge in [0.15, 0.2) is 5.78 Å². The number of carbonyl (C=O) groups excluding carboxylic acids is 1. The van der Waals surface area contributed by atoms with E-state index in [0.717, 1.165) is 16.9 Å². The van der Waals surface area contributed by atoms with E-state index >= 15 is 0 Å². The van der Waals surface area contributed by atoms with Gasteiger partial charge in [-0.15, -0.1) is 0 Å². The van der Waals surface area contributed by atoms with Crippen molar-refractivity contribution in [2.24, 2.45) is 0 Å². The smallest absolute Gasteiger partial charge is 0.303 e. The molecule has 0 saturated heterocycles. The Hall–Kier alpha value is -3.67. The zero-order chi connectivity index (χ0) is 21.5. The van der Waals surface area contributed by atoms with Crippen LogP contribution in [0.4, 0.5) is 0 Å². The fraction of sp³-hybridized carbons (Fsp3) is 0.208. The minimum atomic E-state index is -0.838. The molecule has 0 radical (unpaired) electrons. The van der Waals surface area contributed by atoms with Gasteiger partial charge in [-0.2, -0.15) is 5.10 Å². The van der Waals surface area contributed by atoms with Crippen LogP contribution in [-0.2, 0) is 4.79 Å². The Morgan fingerprint density at radius 1 is 1.10 bits per heavy atom. The van der Waals surface area contributed by atoms with E-state index in [0.29, 0.717) is 30.0 Å². The van der Waals surface area contributed by atoms with E-state index in [9.17, 15) is 9.59 Å². The number of carboxylic acids is 1. The number of ketones is 1. The number of aliphatic carboxylic acids is 1. The average molecular weight is 404 g/mol. The first-order chi connectivity index (χ1) is 14.5. The summed E-state index contributed by atoms with van der Waals surface area (Å²) in [6.07, 6.45) is 3.79. The molecule has 0 aliphatic rings. The van der Waals surface area contributed by atoms with Crippen LogP contribution in [0.5, 0.6) is 5.75 Å². The summed E-state index contributed by atoms with van der Waals surface area (Å²) in [6, 6.07) is 17.0. The summed E-state index contributed by atoms with van der Waals surface area (Å²) in [7, 11) is 0. The molecule has 0 amide bonds. The second-order valence-electron chi connectivity index (χ2n) is 6.91. The van der Waals surface area contributed by atoms with E-state index in [1.165, 1.54) is 6.08 Å². The SMILES string of the molecule is Cc1nn(-c2ccccc2)c(C)c1C(=O)/C=C/c1cccc(OCCCC(=O)O)c1. The van der Waals surface area contributed by atoms with Crippen molar-refractivity contribution in [2.45, 2.75) is 26.7 Å². The van der Waals surface area contributed by atoms with Gasteiger partial charge in [-0.25, -0.2) is 4.68 Å². The molecule has 3 aromatic rings. The molecular weight excluding hydrogens is 380 g/mol. The van der Waals surface area contributed by atoms with Gasteiger partial charge >= 0.3 is 5.97 Å². The number of allylic oxidation sites excluding steroid dienone is 1. The Labute approximate surface area is 175 Å². The number of carboxylic acid groups (broad SMARTS) is 1. The highest BCUT2D eigenvalue weighted by atomic mass is 16.5. The summed E-state index contributed by atoms with van der Waals surface area (Å²) in [5, 5.41) is 13.2. The predicted octanol–water partition coefficient (Wildman–Crippen LogP) is 4.63. The number of hydrogen-bond acceptors (Lipinski definition) is 4. The molecule has 0 spiro atoms. The molecule has 1 aromatic heterocycles. The standard InChI is InChI=1S/C24H24N2O4/c1-17-24(18(2)26(25-17)20-9-4-3-5-10-20)22(27)14-13-19-8-6-11-21(16-19)30-15-7-12-23(28)29/h3-6,8-11,13-14,16H,7,12,15H2,1-2H3,(H,28,29)/b14-13+. The zero-order valence-electron chi connectivity index (χ0n) is 17.0. The van der Waals surface area contributed by atoms with Crippen molar-refractivity contribution < 1.29 is 19.4 Å². The molecule has 0 saturated carbocycles. The van der Waals surface area contributed by atoms with Crippen molar-refractivity contribution in [2.75, 3.05) is 6.61 Å². The van der Waals surface area contributed by atoms with Gasteiger partial charge < -0.3 is 9.84 Å². The van der Waals surface area contributed by atoms with Crippen LogP contribution in [0.25, 0.3) is 11.8 Å². The number of hydrogen-bond donors (Lipinski definition) is 1. The van der Waals surface area contributed by atoms with E-state index < -0.39 is 5.97 Å². The van der Waals surface area contributed by atoms with Crippen molar-refractivity contribution in [3.63, 3.8) is 0 Å². The van der Waals surface area contributed by atoms with Crippen LogP contribution < -0.4 is 4.74 Å². The van der Waals surface area contributed by atoms with E-state index in [-0.39, 0.29) is 12.2 Å². The van der Waals surface area contributed by atoms with Crippen molar-refractivity contribution in [3.05, 3.63) is 83.2 Å². The summed E-state index contributed by atoms with van der Waals surface area (Å²) >= 11 is 0. The first kappa shape index (κ1) is 21.0. The van der Waals surface area contributed by atoms with Crippen LogP contribution in [0, 0.1) is 13.8 Å². The Balaban J connectivity index is 1.71. The van der Waals surface area contributed by atoms with Gasteiger partial charge in [-0.05, 0) is 56.2 Å². The monoisotopic (exact) mass is 404 g/mol. The van der Waals surface area contributed by atoms with E-state index in [1.807, 2.05) is 62.4 Å². The molecule has 30 heavy (non-hydrogen) atoms. The first-order valence-electron chi connectivity index (χ1n) is 9.74. The second-order valence-corrected chi connectivity index (χ2v) is 6.91. The summed E-state index contributed by atoms with van der Waals surface area (Å²) in [6.45, 7) is 4.05. The molecule has 0 aliphatic carbocycles. The Bertz CT molecular complexity index is 1070. The Kier molecular flexibility index (Phi) is 6.80. The van der Waals surface area contributed by atoms with Crippen molar-refractivity contribution >= 4 is 17.8 Å². The van der Waals surface area contributed by atoms with Gasteiger partial charge in [-0.3, -0.25) is 9.59 Å². The van der Waals surface area contributed by atoms with Crippen molar-refractivity contribution in [1.29, 1.82) is 0 Å². The lowest BCUT2D eigenvalue weighted by Gasteiger charge is -2.06. The average Bonchev–Trinajstić information content (AvgIpc) is 3.04. The summed E-state index contributed by atoms with van der Waals surface area (Å²) < 4.78 is 7.36. The van der Waals surface area contributed by atoms with Crippen molar-refractivity contribution in [3.8, 4) is 11.4 Å². The number of aryl methyl sites for hydroxylation is 1. The maximum Gasteiger partial charge on any atom is 0.303 e. The molecule has 0 bridgehead atoms. The van der Waals surface area contributed by atoms with Gasteiger partial charge in [0.05, 0.1) is 29.2 Å². The van der Waals surface area contributed by atoms with E-state index in [2.05, 4.69) is 5.10 Å². The van der Waals surface area contributed by atoms with Gasteiger partial charge in [0.1, 0.15) is 5.75 Å². The zero-order valence-corrected chi connectivity index (χ0v) is 17.0. The number of carbonyl (C=O) groups is 2. The van der Waals surface area contributed by atoms with Crippen LogP contribution in [0.15, 0.2) is 60.7 Å². The van der Waals surface area contributed by atoms with Crippen LogP contribution in [0.2, 0.25) is 0 Å². The second kappa shape index (κ2) is 9.69. The lowest BCUT2D eigenvalue weighted by Crippen LogP contribution is -2.02. The fourth-order valence-electron chi connectivity index (χ4n) is 3.20. The number of ether oxygens (including phenoxy) is 1. The van der Waals surface area contributed by atoms with Crippen LogP contribution in [0.1, 0.15) is 40.2 Å². The lowest BCUT2D eigenvalue weighted by atomic mass is 10.1. The summed E-state index contributed by atoms with van der Waals surface area (Å²) in [5.41, 5.74) is 3.81. The molecule has 154 valence electrons. The molecule has 6 nitrogen and oxygen atoms in total. The highest BCUT2D eigenvalue weighted by Gasteiger charge is 2.17. The predicted molar refractivity (Wildman–Crippen MR) is 115 cm³/mol. The Morgan fingerprint density at radius 2 is 1.87 bits per heavy atom.